The molecule has 2 aromatic rings. The zero-order valence-corrected chi connectivity index (χ0v) is 13.3. The van der Waals surface area contributed by atoms with E-state index in [1.807, 2.05) is 0 Å². The highest BCUT2D eigenvalue weighted by atomic mass is 35.5. The summed E-state index contributed by atoms with van der Waals surface area (Å²) >= 11 is 6.70. The number of aromatic hydroxyl groups is 1. The number of aromatic nitrogens is 1. The summed E-state index contributed by atoms with van der Waals surface area (Å²) in [5.74, 6) is 0.126. The summed E-state index contributed by atoms with van der Waals surface area (Å²) in [4.78, 5) is 3.80. The average molecular weight is 345 g/mol. The molecular formula is C13H13ClN2O3S2. The van der Waals surface area contributed by atoms with Crippen LogP contribution in [0.15, 0.2) is 34.7 Å². The van der Waals surface area contributed by atoms with Crippen LogP contribution in [0.5, 0.6) is 5.75 Å². The summed E-state index contributed by atoms with van der Waals surface area (Å²) in [6.45, 7) is 0.233. The van der Waals surface area contributed by atoms with Gasteiger partial charge in [0.1, 0.15) is 5.75 Å². The molecule has 0 radical (unpaired) electrons. The second kappa shape index (κ2) is 5.57. The van der Waals surface area contributed by atoms with Crippen molar-refractivity contribution in [3.8, 4) is 5.75 Å². The molecule has 8 heteroatoms. The molecule has 0 saturated heterocycles. The SMILES string of the molecule is O=S(=O)(c1cnc(Cl)s1)N(Cc1cccc(O)c1)C1CC1. The fraction of sp³-hybridized carbons (Fsp3) is 0.308. The van der Waals surface area contributed by atoms with Crippen molar-refractivity contribution in [1.29, 1.82) is 0 Å². The standard InChI is InChI=1S/C13H13ClN2O3S2/c14-13-15-7-12(20-13)21(18,19)16(10-4-5-10)8-9-2-1-3-11(17)6-9/h1-3,6-7,10,17H,4-5,8H2. The Morgan fingerprint density at radius 2 is 2.19 bits per heavy atom. The third-order valence-electron chi connectivity index (χ3n) is 3.22. The molecule has 112 valence electrons. The molecule has 21 heavy (non-hydrogen) atoms. The number of hydrogen-bond donors (Lipinski definition) is 1. The van der Waals surface area contributed by atoms with E-state index in [1.165, 1.54) is 10.5 Å². The number of phenolic OH excluding ortho intramolecular Hbond substituents is 1. The lowest BCUT2D eigenvalue weighted by Gasteiger charge is -2.20. The Hall–Kier alpha value is -1.15. The van der Waals surface area contributed by atoms with Gasteiger partial charge in [0.25, 0.3) is 10.0 Å². The van der Waals surface area contributed by atoms with Crippen LogP contribution in [-0.2, 0) is 16.6 Å². The summed E-state index contributed by atoms with van der Waals surface area (Å²) in [6, 6.07) is 6.64. The van der Waals surface area contributed by atoms with Crippen molar-refractivity contribution in [2.24, 2.45) is 0 Å². The van der Waals surface area contributed by atoms with Crippen LogP contribution in [0.4, 0.5) is 0 Å². The summed E-state index contributed by atoms with van der Waals surface area (Å²) in [6.07, 6.45) is 3.00. The maximum atomic E-state index is 12.7. The Morgan fingerprint density at radius 1 is 1.43 bits per heavy atom. The number of phenols is 1. The summed E-state index contributed by atoms with van der Waals surface area (Å²) in [5, 5.41) is 9.51. The molecule has 1 saturated carbocycles. The minimum Gasteiger partial charge on any atom is -0.508 e. The lowest BCUT2D eigenvalue weighted by atomic mass is 10.2. The molecule has 3 rings (SSSR count). The van der Waals surface area contributed by atoms with E-state index in [-0.39, 0.29) is 27.0 Å². The van der Waals surface area contributed by atoms with E-state index in [1.54, 1.807) is 24.3 Å². The lowest BCUT2D eigenvalue weighted by molar-refractivity contribution is 0.398. The van der Waals surface area contributed by atoms with Gasteiger partial charge in [0, 0.05) is 12.6 Å². The normalized spacial score (nSPS) is 15.5. The molecule has 0 spiro atoms. The van der Waals surface area contributed by atoms with E-state index in [0.29, 0.717) is 0 Å². The number of sulfonamides is 1. The third-order valence-corrected chi connectivity index (χ3v) is 6.67. The Morgan fingerprint density at radius 3 is 2.76 bits per heavy atom. The van der Waals surface area contributed by atoms with Gasteiger partial charge in [-0.3, -0.25) is 0 Å². The fourth-order valence-corrected chi connectivity index (χ4v) is 5.18. The van der Waals surface area contributed by atoms with Gasteiger partial charge in [0.15, 0.2) is 8.68 Å². The van der Waals surface area contributed by atoms with Crippen LogP contribution in [0.2, 0.25) is 4.47 Å². The highest BCUT2D eigenvalue weighted by Gasteiger charge is 2.39. The molecule has 1 aromatic carbocycles. The van der Waals surface area contributed by atoms with E-state index in [0.717, 1.165) is 29.7 Å². The van der Waals surface area contributed by atoms with Crippen molar-refractivity contribution in [2.75, 3.05) is 0 Å². The van der Waals surface area contributed by atoms with Crippen molar-refractivity contribution < 1.29 is 13.5 Å². The van der Waals surface area contributed by atoms with Gasteiger partial charge in [-0.25, -0.2) is 13.4 Å². The van der Waals surface area contributed by atoms with Gasteiger partial charge in [-0.1, -0.05) is 35.1 Å². The molecule has 0 atom stereocenters. The first-order valence-corrected chi connectivity index (χ1v) is 9.01. The predicted molar refractivity (Wildman–Crippen MR) is 81.0 cm³/mol. The van der Waals surface area contributed by atoms with Crippen molar-refractivity contribution in [3.63, 3.8) is 0 Å². The predicted octanol–water partition coefficient (Wildman–Crippen LogP) is 2.86. The fourth-order valence-electron chi connectivity index (χ4n) is 2.08. The summed E-state index contributed by atoms with van der Waals surface area (Å²) in [7, 11) is -3.60. The molecule has 5 nitrogen and oxygen atoms in total. The van der Waals surface area contributed by atoms with Crippen LogP contribution in [0.25, 0.3) is 0 Å². The quantitative estimate of drug-likeness (QED) is 0.905. The first-order valence-electron chi connectivity index (χ1n) is 6.38. The number of hydrogen-bond acceptors (Lipinski definition) is 5. The van der Waals surface area contributed by atoms with Crippen LogP contribution in [0, 0.1) is 0 Å². The maximum Gasteiger partial charge on any atom is 0.254 e. The van der Waals surface area contributed by atoms with Gasteiger partial charge in [-0.2, -0.15) is 4.31 Å². The first kappa shape index (κ1) is 14.8. The molecule has 1 heterocycles. The van der Waals surface area contributed by atoms with Crippen LogP contribution >= 0.6 is 22.9 Å². The smallest absolute Gasteiger partial charge is 0.254 e. The molecule has 0 amide bonds. The van der Waals surface area contributed by atoms with Crippen LogP contribution < -0.4 is 0 Å². The highest BCUT2D eigenvalue weighted by molar-refractivity contribution is 7.91. The van der Waals surface area contributed by atoms with Crippen LogP contribution in [0.1, 0.15) is 18.4 Å². The van der Waals surface area contributed by atoms with Gasteiger partial charge in [-0.05, 0) is 30.5 Å². The van der Waals surface area contributed by atoms with Gasteiger partial charge < -0.3 is 5.11 Å². The molecule has 1 aromatic heterocycles. The Bertz CT molecular complexity index is 756. The third kappa shape index (κ3) is 3.21. The van der Waals surface area contributed by atoms with E-state index < -0.39 is 10.0 Å². The van der Waals surface area contributed by atoms with Crippen molar-refractivity contribution in [3.05, 3.63) is 40.5 Å². The first-order chi connectivity index (χ1) is 9.96. The monoisotopic (exact) mass is 344 g/mol. The molecule has 0 aliphatic heterocycles. The lowest BCUT2D eigenvalue weighted by Crippen LogP contribution is -2.32. The second-order valence-corrected chi connectivity index (χ2v) is 8.61. The van der Waals surface area contributed by atoms with Crippen LogP contribution in [0.3, 0.4) is 0 Å². The van der Waals surface area contributed by atoms with Crippen LogP contribution in [-0.4, -0.2) is 28.9 Å². The largest absolute Gasteiger partial charge is 0.508 e. The number of nitrogens with zero attached hydrogens (tertiary/aromatic N) is 2. The van der Waals surface area contributed by atoms with Crippen molar-refractivity contribution in [1.82, 2.24) is 9.29 Å². The average Bonchev–Trinajstić information content (AvgIpc) is 3.16. The number of halogens is 1. The Kier molecular flexibility index (Phi) is 3.92. The molecule has 1 aliphatic rings. The van der Waals surface area contributed by atoms with E-state index >= 15 is 0 Å². The zero-order chi connectivity index (χ0) is 15.0. The number of rotatable bonds is 5. The van der Waals surface area contributed by atoms with E-state index in [4.69, 9.17) is 11.6 Å². The minimum absolute atomic E-state index is 0.0122. The van der Waals surface area contributed by atoms with Crippen molar-refractivity contribution in [2.45, 2.75) is 29.6 Å². The topological polar surface area (TPSA) is 70.5 Å². The number of thiazole rings is 1. The summed E-state index contributed by atoms with van der Waals surface area (Å²) in [5.41, 5.74) is 0.751. The summed E-state index contributed by atoms with van der Waals surface area (Å²) < 4.78 is 27.2. The Balaban J connectivity index is 1.91. The van der Waals surface area contributed by atoms with Gasteiger partial charge in [0.05, 0.1) is 6.20 Å². The highest BCUT2D eigenvalue weighted by Crippen LogP contribution is 2.35. The molecule has 1 fully saturated rings. The van der Waals surface area contributed by atoms with Crippen molar-refractivity contribution >= 4 is 33.0 Å². The van der Waals surface area contributed by atoms with E-state index in [9.17, 15) is 13.5 Å². The molecule has 0 bridgehead atoms. The molecule has 1 N–H and O–H groups in total. The molecular weight excluding hydrogens is 332 g/mol. The maximum absolute atomic E-state index is 12.7. The van der Waals surface area contributed by atoms with Gasteiger partial charge in [0.2, 0.25) is 0 Å². The molecule has 0 unspecified atom stereocenters. The van der Waals surface area contributed by atoms with Gasteiger partial charge in [-0.15, -0.1) is 0 Å². The minimum atomic E-state index is -3.60. The Labute approximate surface area is 131 Å². The second-order valence-electron chi connectivity index (χ2n) is 4.88. The zero-order valence-electron chi connectivity index (χ0n) is 10.9. The molecule has 1 aliphatic carbocycles. The number of benzene rings is 1. The van der Waals surface area contributed by atoms with E-state index in [2.05, 4.69) is 4.98 Å². The van der Waals surface area contributed by atoms with Gasteiger partial charge >= 0.3 is 0 Å².